The Hall–Kier alpha value is -3.23. The number of hydrogen-bond donors (Lipinski definition) is 0. The van der Waals surface area contributed by atoms with Crippen LogP contribution in [-0.2, 0) is 0 Å². The van der Waals surface area contributed by atoms with Gasteiger partial charge in [0.05, 0.1) is 23.1 Å². The first kappa shape index (κ1) is 19.7. The van der Waals surface area contributed by atoms with Crippen LogP contribution >= 0.6 is 22.9 Å². The zero-order chi connectivity index (χ0) is 21.7. The molecule has 2 aromatic carbocycles. The Labute approximate surface area is 185 Å². The number of halogens is 1. The molecule has 31 heavy (non-hydrogen) atoms. The van der Waals surface area contributed by atoms with Gasteiger partial charge in [-0.05, 0) is 49.7 Å². The number of fused-ring (bicyclic) bond motifs is 2. The third kappa shape index (κ3) is 3.28. The van der Waals surface area contributed by atoms with Gasteiger partial charge in [0.2, 0.25) is 10.9 Å². The van der Waals surface area contributed by atoms with Crippen molar-refractivity contribution in [1.29, 1.82) is 0 Å². The zero-order valence-electron chi connectivity index (χ0n) is 16.5. The number of hydrogen-bond acceptors (Lipinski definition) is 7. The van der Waals surface area contributed by atoms with Crippen LogP contribution in [0.1, 0.15) is 41.6 Å². The highest BCUT2D eigenvalue weighted by molar-refractivity contribution is 7.13. The fourth-order valence-corrected chi connectivity index (χ4v) is 4.49. The first-order chi connectivity index (χ1) is 14.9. The summed E-state index contributed by atoms with van der Waals surface area (Å²) in [4.78, 5) is 28.3. The summed E-state index contributed by atoms with van der Waals surface area (Å²) in [7, 11) is 0. The maximum atomic E-state index is 13.5. The Morgan fingerprint density at radius 2 is 1.94 bits per heavy atom. The van der Waals surface area contributed by atoms with Crippen LogP contribution in [0.15, 0.2) is 57.2 Å². The summed E-state index contributed by atoms with van der Waals surface area (Å²) < 4.78 is 11.6. The summed E-state index contributed by atoms with van der Waals surface area (Å²) in [6.07, 6.45) is 0.0284. The smallest absolute Gasteiger partial charge is 0.297 e. The van der Waals surface area contributed by atoms with Crippen molar-refractivity contribution in [2.24, 2.45) is 0 Å². The largest absolute Gasteiger partial charge is 0.491 e. The number of amides is 1. The highest BCUT2D eigenvalue weighted by Crippen LogP contribution is 2.42. The fraction of sp³-hybridized carbons (Fsp3) is 0.182. The molecule has 1 atom stereocenters. The molecule has 1 aliphatic rings. The van der Waals surface area contributed by atoms with E-state index in [-0.39, 0.29) is 22.9 Å². The molecule has 7 nitrogen and oxygen atoms in total. The molecule has 0 saturated heterocycles. The van der Waals surface area contributed by atoms with E-state index in [4.69, 9.17) is 20.8 Å². The molecule has 5 rings (SSSR count). The van der Waals surface area contributed by atoms with Gasteiger partial charge in [-0.2, -0.15) is 0 Å². The van der Waals surface area contributed by atoms with Gasteiger partial charge in [0.15, 0.2) is 5.43 Å². The monoisotopic (exact) mass is 453 g/mol. The van der Waals surface area contributed by atoms with Gasteiger partial charge in [-0.3, -0.25) is 14.5 Å². The molecule has 0 radical (unpaired) electrons. The van der Waals surface area contributed by atoms with Crippen LogP contribution in [0.3, 0.4) is 0 Å². The molecule has 0 spiro atoms. The normalized spacial score (nSPS) is 15.7. The minimum atomic E-state index is -0.705. The van der Waals surface area contributed by atoms with E-state index >= 15 is 0 Å². The molecule has 0 aliphatic carbocycles. The van der Waals surface area contributed by atoms with Gasteiger partial charge in [-0.1, -0.05) is 35.1 Å². The zero-order valence-corrected chi connectivity index (χ0v) is 18.1. The van der Waals surface area contributed by atoms with Crippen LogP contribution in [0.25, 0.3) is 11.0 Å². The number of aromatic nitrogens is 2. The molecule has 0 N–H and O–H groups in total. The van der Waals surface area contributed by atoms with E-state index in [1.165, 1.54) is 21.7 Å². The summed E-state index contributed by atoms with van der Waals surface area (Å²) >= 11 is 7.31. The Morgan fingerprint density at radius 1 is 1.16 bits per heavy atom. The van der Waals surface area contributed by atoms with Gasteiger partial charge in [0, 0.05) is 5.02 Å². The van der Waals surface area contributed by atoms with Gasteiger partial charge in [-0.15, -0.1) is 10.2 Å². The molecule has 4 aromatic rings. The lowest BCUT2D eigenvalue weighted by atomic mass is 9.98. The van der Waals surface area contributed by atoms with E-state index in [0.29, 0.717) is 26.9 Å². The average molecular weight is 454 g/mol. The molecule has 0 unspecified atom stereocenters. The molecule has 156 valence electrons. The van der Waals surface area contributed by atoms with E-state index in [0.717, 1.165) is 5.56 Å². The minimum Gasteiger partial charge on any atom is -0.491 e. The molecule has 1 amide bonds. The van der Waals surface area contributed by atoms with Gasteiger partial charge < -0.3 is 9.15 Å². The van der Waals surface area contributed by atoms with Crippen molar-refractivity contribution in [2.75, 3.05) is 4.90 Å². The minimum absolute atomic E-state index is 0.00234. The van der Waals surface area contributed by atoms with Gasteiger partial charge in [0.1, 0.15) is 16.8 Å². The quantitative estimate of drug-likeness (QED) is 0.439. The molecule has 1 aliphatic heterocycles. The Balaban J connectivity index is 1.73. The first-order valence-electron chi connectivity index (χ1n) is 9.56. The van der Waals surface area contributed by atoms with Crippen molar-refractivity contribution in [3.05, 3.63) is 80.1 Å². The fourth-order valence-electron chi connectivity index (χ4n) is 3.73. The second-order valence-corrected chi connectivity index (χ2v) is 8.60. The number of ether oxygens (including phenoxy) is 1. The molecular weight excluding hydrogens is 438 g/mol. The second-order valence-electron chi connectivity index (χ2n) is 7.35. The van der Waals surface area contributed by atoms with E-state index in [1.807, 2.05) is 38.1 Å². The summed E-state index contributed by atoms with van der Waals surface area (Å²) in [5.41, 5.74) is 2.53. The van der Waals surface area contributed by atoms with Crippen LogP contribution in [0, 0.1) is 0 Å². The number of nitrogens with zero attached hydrogens (tertiary/aromatic N) is 3. The Morgan fingerprint density at radius 3 is 2.61 bits per heavy atom. The topological polar surface area (TPSA) is 85.5 Å². The van der Waals surface area contributed by atoms with Crippen LogP contribution in [0.5, 0.6) is 5.75 Å². The molecular formula is C22H16ClN3O4S. The Bertz CT molecular complexity index is 1350. The summed E-state index contributed by atoms with van der Waals surface area (Å²) in [5, 5.41) is 9.03. The lowest BCUT2D eigenvalue weighted by Gasteiger charge is -2.22. The maximum Gasteiger partial charge on any atom is 0.297 e. The van der Waals surface area contributed by atoms with E-state index in [1.54, 1.807) is 18.2 Å². The van der Waals surface area contributed by atoms with Crippen molar-refractivity contribution in [2.45, 2.75) is 26.0 Å². The van der Waals surface area contributed by atoms with E-state index in [9.17, 15) is 9.59 Å². The van der Waals surface area contributed by atoms with Crippen molar-refractivity contribution in [1.82, 2.24) is 10.2 Å². The van der Waals surface area contributed by atoms with E-state index in [2.05, 4.69) is 10.2 Å². The predicted octanol–water partition coefficient (Wildman–Crippen LogP) is 4.83. The molecule has 2 aromatic heterocycles. The summed E-state index contributed by atoms with van der Waals surface area (Å²) in [5.74, 6) is 0.263. The third-order valence-corrected chi connectivity index (χ3v) is 5.88. The molecule has 0 bridgehead atoms. The van der Waals surface area contributed by atoms with Crippen molar-refractivity contribution < 1.29 is 13.9 Å². The van der Waals surface area contributed by atoms with Crippen LogP contribution < -0.4 is 15.1 Å². The lowest BCUT2D eigenvalue weighted by Crippen LogP contribution is -2.29. The van der Waals surface area contributed by atoms with E-state index < -0.39 is 11.9 Å². The molecule has 0 saturated carbocycles. The highest BCUT2D eigenvalue weighted by atomic mass is 35.5. The molecule has 9 heteroatoms. The highest BCUT2D eigenvalue weighted by Gasteiger charge is 2.45. The standard InChI is InChI=1S/C22H16ClN3O4S/c1-11(2)29-14-6-3-12(4-7-14)18-17-19(27)15-9-13(23)5-8-16(15)30-20(17)21(28)26(18)22-25-24-10-31-22/h3-11,18H,1-2H3/t18-/m1/s1. The third-order valence-electron chi connectivity index (χ3n) is 4.95. The molecule has 0 fully saturated rings. The number of carbonyl (C=O) groups is 1. The SMILES string of the molecule is CC(C)Oc1ccc([C@@H]2c3c(oc4ccc(Cl)cc4c3=O)C(=O)N2c2nncs2)cc1. The Kier molecular flexibility index (Phi) is 4.75. The first-order valence-corrected chi connectivity index (χ1v) is 10.8. The van der Waals surface area contributed by atoms with Crippen molar-refractivity contribution in [3.8, 4) is 5.75 Å². The van der Waals surface area contributed by atoms with Gasteiger partial charge in [-0.25, -0.2) is 0 Å². The van der Waals surface area contributed by atoms with Crippen LogP contribution in [-0.4, -0.2) is 22.2 Å². The second kappa shape index (κ2) is 7.47. The van der Waals surface area contributed by atoms with Crippen LogP contribution in [0.2, 0.25) is 5.02 Å². The number of rotatable bonds is 4. The summed E-state index contributed by atoms with van der Waals surface area (Å²) in [6.45, 7) is 3.89. The predicted molar refractivity (Wildman–Crippen MR) is 118 cm³/mol. The summed E-state index contributed by atoms with van der Waals surface area (Å²) in [6, 6.07) is 11.4. The van der Waals surface area contributed by atoms with Crippen LogP contribution in [0.4, 0.5) is 5.13 Å². The number of carbonyl (C=O) groups excluding carboxylic acids is 1. The van der Waals surface area contributed by atoms with Crippen molar-refractivity contribution >= 4 is 44.9 Å². The average Bonchev–Trinajstić information content (AvgIpc) is 3.36. The molecule has 3 heterocycles. The lowest BCUT2D eigenvalue weighted by molar-refractivity contribution is 0.0970. The van der Waals surface area contributed by atoms with Gasteiger partial charge >= 0.3 is 0 Å². The van der Waals surface area contributed by atoms with Gasteiger partial charge in [0.25, 0.3) is 5.91 Å². The maximum absolute atomic E-state index is 13.5. The number of benzene rings is 2. The van der Waals surface area contributed by atoms with Crippen molar-refractivity contribution in [3.63, 3.8) is 0 Å². The number of anilines is 1.